The molecule has 2 aromatic carbocycles. The third-order valence-electron chi connectivity index (χ3n) is 6.83. The number of nitrogens with zero attached hydrogens (tertiary/aromatic N) is 2. The Balaban J connectivity index is 0.00000253. The summed E-state index contributed by atoms with van der Waals surface area (Å²) in [7, 11) is 0. The van der Waals surface area contributed by atoms with Gasteiger partial charge < -0.3 is 24.5 Å². The minimum absolute atomic E-state index is 0. The minimum atomic E-state index is -0.377. The van der Waals surface area contributed by atoms with Crippen molar-refractivity contribution in [1.82, 2.24) is 15.4 Å². The smallest absolute Gasteiger partial charge is 0.294 e. The van der Waals surface area contributed by atoms with Crippen LogP contribution in [0.1, 0.15) is 34.0 Å². The highest BCUT2D eigenvalue weighted by atomic mass is 35.5. The molecule has 2 amide bonds. The van der Waals surface area contributed by atoms with Crippen molar-refractivity contribution in [3.05, 3.63) is 72.3 Å². The number of rotatable bonds is 5. The fraction of sp³-hybridized carbons (Fsp3) is 0.269. The van der Waals surface area contributed by atoms with E-state index in [1.807, 2.05) is 36.4 Å². The molecule has 0 radical (unpaired) electrons. The topological polar surface area (TPSA) is 101 Å². The van der Waals surface area contributed by atoms with Crippen molar-refractivity contribution < 1.29 is 18.5 Å². The van der Waals surface area contributed by atoms with Gasteiger partial charge in [-0.25, -0.2) is 0 Å². The summed E-state index contributed by atoms with van der Waals surface area (Å²) in [5, 5.41) is 10.4. The molecule has 0 aliphatic carbocycles. The highest BCUT2D eigenvalue weighted by Gasteiger charge is 2.35. The Morgan fingerprint density at radius 2 is 1.80 bits per heavy atom. The largest absolute Gasteiger partial charge is 0.450 e. The Morgan fingerprint density at radius 3 is 2.54 bits per heavy atom. The van der Waals surface area contributed by atoms with Crippen LogP contribution >= 0.6 is 12.4 Å². The second-order valence-corrected chi connectivity index (χ2v) is 8.96. The van der Waals surface area contributed by atoms with E-state index in [1.165, 1.54) is 12.3 Å². The number of amides is 2. The van der Waals surface area contributed by atoms with Crippen molar-refractivity contribution >= 4 is 40.9 Å². The first-order valence-corrected chi connectivity index (χ1v) is 11.5. The van der Waals surface area contributed by atoms with Crippen LogP contribution in [0.15, 0.2) is 69.7 Å². The summed E-state index contributed by atoms with van der Waals surface area (Å²) < 4.78 is 11.0. The molecule has 2 aromatic heterocycles. The Morgan fingerprint density at radius 1 is 0.971 bits per heavy atom. The standard InChI is InChI=1S/C26H24N4O4.ClH/c31-25(22-7-10-27-34-22)28-19-5-1-3-17(13-19)20-6-2-4-18-14-23(33-24(18)20)26(32)29-21-15-30-11-8-16(21)9-12-30;/h1-7,10,13-14,16,21H,8-9,11-12,15H2,(H,28,31)(H,29,32);1H/t21-;/m0./s1. The van der Waals surface area contributed by atoms with Gasteiger partial charge in [0.2, 0.25) is 5.76 Å². The first-order chi connectivity index (χ1) is 16.6. The van der Waals surface area contributed by atoms with Crippen LogP contribution in [-0.2, 0) is 0 Å². The van der Waals surface area contributed by atoms with E-state index in [9.17, 15) is 9.59 Å². The van der Waals surface area contributed by atoms with Crippen molar-refractivity contribution in [2.45, 2.75) is 18.9 Å². The van der Waals surface area contributed by atoms with Crippen molar-refractivity contribution in [3.63, 3.8) is 0 Å². The maximum atomic E-state index is 13.0. The molecule has 0 unspecified atom stereocenters. The van der Waals surface area contributed by atoms with Crippen molar-refractivity contribution in [1.29, 1.82) is 0 Å². The lowest BCUT2D eigenvalue weighted by Crippen LogP contribution is -2.57. The molecule has 180 valence electrons. The maximum absolute atomic E-state index is 13.0. The predicted molar refractivity (Wildman–Crippen MR) is 134 cm³/mol. The molecule has 9 heteroatoms. The number of carbonyl (C=O) groups is 2. The molecule has 2 bridgehead atoms. The molecule has 3 aliphatic heterocycles. The second-order valence-electron chi connectivity index (χ2n) is 8.96. The van der Waals surface area contributed by atoms with Crippen molar-refractivity contribution in [2.24, 2.45) is 5.92 Å². The molecule has 3 aliphatic rings. The van der Waals surface area contributed by atoms with Gasteiger partial charge in [0.25, 0.3) is 11.8 Å². The van der Waals surface area contributed by atoms with Crippen LogP contribution in [0.4, 0.5) is 5.69 Å². The van der Waals surface area contributed by atoms with Gasteiger partial charge in [-0.3, -0.25) is 9.59 Å². The molecule has 0 saturated carbocycles. The van der Waals surface area contributed by atoms with Gasteiger partial charge in [0.1, 0.15) is 5.58 Å². The van der Waals surface area contributed by atoms with Gasteiger partial charge in [-0.15, -0.1) is 12.4 Å². The summed E-state index contributed by atoms with van der Waals surface area (Å²) >= 11 is 0. The van der Waals surface area contributed by atoms with E-state index in [0.29, 0.717) is 22.9 Å². The van der Waals surface area contributed by atoms with Crippen LogP contribution in [0.25, 0.3) is 22.1 Å². The van der Waals surface area contributed by atoms with E-state index in [1.54, 1.807) is 12.1 Å². The lowest BCUT2D eigenvalue weighted by atomic mass is 9.84. The van der Waals surface area contributed by atoms with E-state index < -0.39 is 0 Å². The quantitative estimate of drug-likeness (QED) is 0.422. The number of halogens is 1. The van der Waals surface area contributed by atoms with E-state index in [4.69, 9.17) is 8.94 Å². The average molecular weight is 493 g/mol. The molecule has 1 atom stereocenters. The zero-order valence-corrected chi connectivity index (χ0v) is 19.7. The highest BCUT2D eigenvalue weighted by Crippen LogP contribution is 2.33. The third-order valence-corrected chi connectivity index (χ3v) is 6.83. The number of hydrogen-bond donors (Lipinski definition) is 2. The van der Waals surface area contributed by atoms with E-state index >= 15 is 0 Å². The number of aromatic nitrogens is 1. The molecule has 5 heterocycles. The van der Waals surface area contributed by atoms with Gasteiger partial charge in [-0.2, -0.15) is 0 Å². The third kappa shape index (κ3) is 4.54. The first kappa shape index (κ1) is 23.1. The summed E-state index contributed by atoms with van der Waals surface area (Å²) in [6.45, 7) is 3.17. The lowest BCUT2D eigenvalue weighted by Gasteiger charge is -2.44. The second kappa shape index (κ2) is 9.56. The number of nitrogens with one attached hydrogen (secondary N) is 2. The zero-order valence-electron chi connectivity index (χ0n) is 18.9. The summed E-state index contributed by atoms with van der Waals surface area (Å²) in [5.74, 6) is 0.446. The molecule has 4 aromatic rings. The number of piperidine rings is 3. The molecular weight excluding hydrogens is 468 g/mol. The van der Waals surface area contributed by atoms with Gasteiger partial charge in [0.15, 0.2) is 5.76 Å². The van der Waals surface area contributed by atoms with Crippen LogP contribution in [0.5, 0.6) is 0 Å². The van der Waals surface area contributed by atoms with Crippen LogP contribution in [0, 0.1) is 5.92 Å². The Bertz CT molecular complexity index is 1360. The number of para-hydroxylation sites is 1. The number of furan rings is 1. The van der Waals surface area contributed by atoms with Gasteiger partial charge in [0, 0.05) is 35.3 Å². The van der Waals surface area contributed by atoms with Gasteiger partial charge in [-0.1, -0.05) is 35.5 Å². The van der Waals surface area contributed by atoms with Gasteiger partial charge >= 0.3 is 0 Å². The van der Waals surface area contributed by atoms with E-state index in [-0.39, 0.29) is 36.0 Å². The predicted octanol–water partition coefficient (Wildman–Crippen LogP) is 4.59. The number of anilines is 1. The highest BCUT2D eigenvalue weighted by molar-refractivity contribution is 6.03. The van der Waals surface area contributed by atoms with Crippen LogP contribution < -0.4 is 10.6 Å². The zero-order chi connectivity index (χ0) is 23.1. The van der Waals surface area contributed by atoms with E-state index in [2.05, 4.69) is 20.7 Å². The summed E-state index contributed by atoms with van der Waals surface area (Å²) in [6, 6.07) is 16.7. The summed E-state index contributed by atoms with van der Waals surface area (Å²) in [5.41, 5.74) is 2.96. The Kier molecular flexibility index (Phi) is 6.32. The Hall–Kier alpha value is -3.62. The number of benzene rings is 2. The van der Waals surface area contributed by atoms with Crippen molar-refractivity contribution in [2.75, 3.05) is 25.0 Å². The monoisotopic (exact) mass is 492 g/mol. The average Bonchev–Trinajstić information content (AvgIpc) is 3.55. The number of fused-ring (bicyclic) bond motifs is 4. The Labute approximate surface area is 208 Å². The molecular formula is C26H25ClN4O4. The summed E-state index contributed by atoms with van der Waals surface area (Å²) in [4.78, 5) is 27.7. The molecule has 3 fully saturated rings. The van der Waals surface area contributed by atoms with E-state index in [0.717, 1.165) is 49.0 Å². The normalized spacial score (nSPS) is 20.9. The summed E-state index contributed by atoms with van der Waals surface area (Å²) in [6.07, 6.45) is 3.70. The van der Waals surface area contributed by atoms with Crippen molar-refractivity contribution in [3.8, 4) is 11.1 Å². The number of hydrogen-bond acceptors (Lipinski definition) is 6. The van der Waals surface area contributed by atoms with Crippen LogP contribution in [0.3, 0.4) is 0 Å². The molecule has 2 N–H and O–H groups in total. The molecule has 0 spiro atoms. The molecule has 7 rings (SSSR count). The van der Waals surface area contributed by atoms with Gasteiger partial charge in [0.05, 0.1) is 6.20 Å². The fourth-order valence-electron chi connectivity index (χ4n) is 5.06. The first-order valence-electron chi connectivity index (χ1n) is 11.5. The molecule has 35 heavy (non-hydrogen) atoms. The lowest BCUT2D eigenvalue weighted by molar-refractivity contribution is 0.0607. The fourth-order valence-corrected chi connectivity index (χ4v) is 5.06. The minimum Gasteiger partial charge on any atom is -0.450 e. The SMILES string of the molecule is Cl.O=C(Nc1cccc(-c2cccc3cc(C(=O)N[C@H]4CN5CCC4CC5)oc23)c1)c1ccno1. The molecule has 3 saturated heterocycles. The van der Waals surface area contributed by atoms with Crippen LogP contribution in [0.2, 0.25) is 0 Å². The molecule has 8 nitrogen and oxygen atoms in total. The number of carbonyl (C=O) groups excluding carboxylic acids is 2. The van der Waals surface area contributed by atoms with Gasteiger partial charge in [-0.05, 0) is 55.6 Å². The maximum Gasteiger partial charge on any atom is 0.294 e. The van der Waals surface area contributed by atoms with Crippen LogP contribution in [-0.4, -0.2) is 47.5 Å².